The Bertz CT molecular complexity index is 1010. The van der Waals surface area contributed by atoms with Gasteiger partial charge < -0.3 is 4.74 Å². The molecule has 27 heavy (non-hydrogen) atoms. The maximum absolute atomic E-state index is 12.7. The molecule has 1 amide bonds. The van der Waals surface area contributed by atoms with Crippen LogP contribution in [0.5, 0.6) is 5.75 Å². The summed E-state index contributed by atoms with van der Waals surface area (Å²) in [5.74, 6) is -0.245. The number of carbonyl (C=O) groups is 2. The summed E-state index contributed by atoms with van der Waals surface area (Å²) in [4.78, 5) is 25.0. The molecule has 4 nitrogen and oxygen atoms in total. The molecule has 3 aromatic rings. The van der Waals surface area contributed by atoms with Gasteiger partial charge in [0.2, 0.25) is 0 Å². The van der Waals surface area contributed by atoms with Gasteiger partial charge in [-0.1, -0.05) is 71.2 Å². The lowest BCUT2D eigenvalue weighted by atomic mass is 10.0. The predicted molar refractivity (Wildman–Crippen MR) is 107 cm³/mol. The largest absolute Gasteiger partial charge is 0.417 e. The molecule has 0 aliphatic heterocycles. The van der Waals surface area contributed by atoms with Crippen molar-refractivity contribution in [2.24, 2.45) is 0 Å². The normalized spacial score (nSPS) is 10.3. The van der Waals surface area contributed by atoms with Crippen molar-refractivity contribution in [3.8, 4) is 5.75 Å². The van der Waals surface area contributed by atoms with Gasteiger partial charge in [0.25, 0.3) is 0 Å². The molecular formula is C20H12Cl3NO3. The van der Waals surface area contributed by atoms with Crippen molar-refractivity contribution in [3.05, 3.63) is 92.9 Å². The Labute approximate surface area is 170 Å². The maximum Gasteiger partial charge on any atom is 0.417 e. The van der Waals surface area contributed by atoms with Gasteiger partial charge >= 0.3 is 6.09 Å². The first-order valence-electron chi connectivity index (χ1n) is 7.78. The monoisotopic (exact) mass is 419 g/mol. The van der Waals surface area contributed by atoms with Gasteiger partial charge in [-0.3, -0.25) is 10.1 Å². The topological polar surface area (TPSA) is 55.4 Å². The van der Waals surface area contributed by atoms with Crippen LogP contribution in [0.4, 0.5) is 10.5 Å². The van der Waals surface area contributed by atoms with Crippen LogP contribution in [-0.2, 0) is 0 Å². The molecule has 0 saturated heterocycles. The van der Waals surface area contributed by atoms with Crippen molar-refractivity contribution < 1.29 is 14.3 Å². The Morgan fingerprint density at radius 2 is 1.59 bits per heavy atom. The number of amides is 1. The highest BCUT2D eigenvalue weighted by molar-refractivity contribution is 6.43. The molecule has 0 aliphatic rings. The third-order valence-corrected chi connectivity index (χ3v) is 4.67. The Hall–Kier alpha value is -2.53. The number of hydrogen-bond acceptors (Lipinski definition) is 3. The van der Waals surface area contributed by atoms with Gasteiger partial charge in [-0.25, -0.2) is 4.79 Å². The van der Waals surface area contributed by atoms with E-state index in [4.69, 9.17) is 39.5 Å². The van der Waals surface area contributed by atoms with Crippen molar-refractivity contribution in [1.82, 2.24) is 0 Å². The van der Waals surface area contributed by atoms with Crippen LogP contribution >= 0.6 is 34.8 Å². The minimum absolute atomic E-state index is 0.0731. The minimum atomic E-state index is -0.816. The molecule has 0 aliphatic carbocycles. The number of ketones is 1. The molecule has 0 aromatic heterocycles. The number of ether oxygens (including phenoxy) is 1. The molecular weight excluding hydrogens is 409 g/mol. The zero-order chi connectivity index (χ0) is 19.4. The second-order valence-electron chi connectivity index (χ2n) is 5.45. The first kappa shape index (κ1) is 19.2. The first-order chi connectivity index (χ1) is 13.0. The van der Waals surface area contributed by atoms with E-state index in [0.29, 0.717) is 21.3 Å². The van der Waals surface area contributed by atoms with Crippen LogP contribution < -0.4 is 10.1 Å². The molecule has 1 N–H and O–H groups in total. The predicted octanol–water partition coefficient (Wildman–Crippen LogP) is 6.49. The Kier molecular flexibility index (Phi) is 6.01. The lowest BCUT2D eigenvalue weighted by Crippen LogP contribution is -2.18. The van der Waals surface area contributed by atoms with Gasteiger partial charge in [0, 0.05) is 10.6 Å². The summed E-state index contributed by atoms with van der Waals surface area (Å²) in [6.45, 7) is 0. The molecule has 0 unspecified atom stereocenters. The first-order valence-corrected chi connectivity index (χ1v) is 8.91. The molecule has 3 aromatic carbocycles. The summed E-state index contributed by atoms with van der Waals surface area (Å²) >= 11 is 18.0. The van der Waals surface area contributed by atoms with Crippen molar-refractivity contribution in [1.29, 1.82) is 0 Å². The summed E-state index contributed by atoms with van der Waals surface area (Å²) in [5, 5.41) is 3.33. The summed E-state index contributed by atoms with van der Waals surface area (Å²) in [5.41, 5.74) is 0.906. The van der Waals surface area contributed by atoms with E-state index >= 15 is 0 Å². The van der Waals surface area contributed by atoms with E-state index in [-0.39, 0.29) is 22.1 Å². The molecule has 0 spiro atoms. The minimum Gasteiger partial charge on any atom is -0.409 e. The van der Waals surface area contributed by atoms with Gasteiger partial charge in [0.05, 0.1) is 21.3 Å². The summed E-state index contributed by atoms with van der Waals surface area (Å²) in [7, 11) is 0. The number of hydrogen-bond donors (Lipinski definition) is 1. The maximum atomic E-state index is 12.7. The highest BCUT2D eigenvalue weighted by atomic mass is 35.5. The highest BCUT2D eigenvalue weighted by Crippen LogP contribution is 2.30. The molecule has 0 saturated carbocycles. The molecule has 0 radical (unpaired) electrons. The summed E-state index contributed by atoms with van der Waals surface area (Å²) < 4.78 is 5.31. The van der Waals surface area contributed by atoms with Crippen molar-refractivity contribution in [2.45, 2.75) is 0 Å². The Balaban J connectivity index is 1.86. The summed E-state index contributed by atoms with van der Waals surface area (Å²) in [6.07, 6.45) is -0.816. The number of benzene rings is 3. The van der Waals surface area contributed by atoms with Gasteiger partial charge in [0.15, 0.2) is 5.78 Å². The zero-order valence-electron chi connectivity index (χ0n) is 13.7. The molecule has 0 atom stereocenters. The van der Waals surface area contributed by atoms with E-state index < -0.39 is 6.09 Å². The third kappa shape index (κ3) is 4.61. The molecule has 136 valence electrons. The second-order valence-corrected chi connectivity index (χ2v) is 6.67. The van der Waals surface area contributed by atoms with Crippen LogP contribution in [0, 0.1) is 0 Å². The number of anilines is 1. The number of carbonyl (C=O) groups excluding carboxylic acids is 2. The second kappa shape index (κ2) is 8.44. The zero-order valence-corrected chi connectivity index (χ0v) is 16.0. The molecule has 0 bridgehead atoms. The van der Waals surface area contributed by atoms with Crippen molar-refractivity contribution >= 4 is 52.4 Å². The van der Waals surface area contributed by atoms with Gasteiger partial charge in [-0.15, -0.1) is 0 Å². The third-order valence-electron chi connectivity index (χ3n) is 3.61. The fraction of sp³-hybridized carbons (Fsp3) is 0. The average Bonchev–Trinajstić information content (AvgIpc) is 2.67. The fourth-order valence-corrected chi connectivity index (χ4v) is 2.87. The van der Waals surface area contributed by atoms with Crippen LogP contribution in [0.2, 0.25) is 15.1 Å². The van der Waals surface area contributed by atoms with Crippen molar-refractivity contribution in [3.63, 3.8) is 0 Å². The average molecular weight is 421 g/mol. The SMILES string of the molecule is O=C(Nc1cccc(Cl)c1Cl)Oc1ccc(Cl)cc1C(=O)c1ccccc1. The standard InChI is InChI=1S/C20H12Cl3NO3/c21-13-9-10-17(14(11-13)19(25)12-5-2-1-3-6-12)27-20(26)24-16-8-4-7-15(22)18(16)23/h1-11H,(H,24,26). The number of nitrogens with one attached hydrogen (secondary N) is 1. The van der Waals surface area contributed by atoms with Crippen molar-refractivity contribution in [2.75, 3.05) is 5.32 Å². The number of halogens is 3. The lowest BCUT2D eigenvalue weighted by molar-refractivity contribution is 0.103. The smallest absolute Gasteiger partial charge is 0.409 e. The van der Waals surface area contributed by atoms with Gasteiger partial charge in [0.1, 0.15) is 5.75 Å². The van der Waals surface area contributed by atoms with E-state index in [2.05, 4.69) is 5.32 Å². The van der Waals surface area contributed by atoms with Gasteiger partial charge in [-0.2, -0.15) is 0 Å². The molecule has 7 heteroatoms. The highest BCUT2D eigenvalue weighted by Gasteiger charge is 2.18. The van der Waals surface area contributed by atoms with Crippen LogP contribution in [-0.4, -0.2) is 11.9 Å². The van der Waals surface area contributed by atoms with E-state index in [9.17, 15) is 9.59 Å². The van der Waals surface area contributed by atoms with Crippen LogP contribution in [0.25, 0.3) is 0 Å². The Morgan fingerprint density at radius 3 is 2.33 bits per heavy atom. The number of rotatable bonds is 4. The van der Waals surface area contributed by atoms with E-state index in [1.54, 1.807) is 48.5 Å². The quantitative estimate of drug-likeness (QED) is 0.491. The molecule has 3 rings (SSSR count). The molecule has 0 heterocycles. The Morgan fingerprint density at radius 1 is 0.852 bits per heavy atom. The van der Waals surface area contributed by atoms with E-state index in [1.807, 2.05) is 0 Å². The fourth-order valence-electron chi connectivity index (χ4n) is 2.35. The lowest BCUT2D eigenvalue weighted by Gasteiger charge is -2.12. The van der Waals surface area contributed by atoms with E-state index in [0.717, 1.165) is 0 Å². The van der Waals surface area contributed by atoms with Crippen LogP contribution in [0.15, 0.2) is 66.7 Å². The van der Waals surface area contributed by atoms with E-state index in [1.165, 1.54) is 18.2 Å². The van der Waals surface area contributed by atoms with Crippen LogP contribution in [0.1, 0.15) is 15.9 Å². The van der Waals surface area contributed by atoms with Gasteiger partial charge in [-0.05, 0) is 30.3 Å². The summed E-state index contributed by atoms with van der Waals surface area (Å²) in [6, 6.07) is 17.9. The van der Waals surface area contributed by atoms with Crippen LogP contribution in [0.3, 0.4) is 0 Å². The molecule has 0 fully saturated rings.